The number of hydrogen-bond acceptors (Lipinski definition) is 3. The zero-order valence-corrected chi connectivity index (χ0v) is 15.5. The van der Waals surface area contributed by atoms with Gasteiger partial charge in [0.25, 0.3) is 0 Å². The molecule has 1 saturated heterocycles. The van der Waals surface area contributed by atoms with Crippen LogP contribution in [-0.4, -0.2) is 52.5 Å². The van der Waals surface area contributed by atoms with E-state index < -0.39 is 0 Å². The summed E-state index contributed by atoms with van der Waals surface area (Å²) >= 11 is 0. The summed E-state index contributed by atoms with van der Waals surface area (Å²) in [5.74, 6) is 2.50. The zero-order valence-electron chi connectivity index (χ0n) is 15.5. The molecular weight excluding hydrogens is 302 g/mol. The predicted molar refractivity (Wildman–Crippen MR) is 99.5 cm³/mol. The molecule has 0 radical (unpaired) electrons. The van der Waals surface area contributed by atoms with E-state index in [1.807, 2.05) is 7.05 Å². The van der Waals surface area contributed by atoms with Gasteiger partial charge >= 0.3 is 0 Å². The Morgan fingerprint density at radius 3 is 2.54 bits per heavy atom. The first-order valence-corrected chi connectivity index (χ1v) is 9.98. The van der Waals surface area contributed by atoms with Crippen LogP contribution < -0.4 is 10.6 Å². The van der Waals surface area contributed by atoms with Crippen molar-refractivity contribution < 1.29 is 9.47 Å². The molecule has 0 aromatic heterocycles. The number of aliphatic imine (C=N–C) groups is 1. The van der Waals surface area contributed by atoms with Crippen LogP contribution in [0.2, 0.25) is 0 Å². The molecule has 1 atom stereocenters. The number of rotatable bonds is 10. The standard InChI is InChI=1S/C19H37N3O2/c1-20-19(21-11-5-9-17-7-3-2-4-8-17)22-12-6-13-23-15-18-10-14-24-16-18/h17-18H,2-16H2,1H3,(H2,20,21,22). The van der Waals surface area contributed by atoms with Crippen molar-refractivity contribution in [2.24, 2.45) is 16.8 Å². The summed E-state index contributed by atoms with van der Waals surface area (Å²) in [6.07, 6.45) is 12.0. The average molecular weight is 340 g/mol. The van der Waals surface area contributed by atoms with Crippen LogP contribution in [-0.2, 0) is 9.47 Å². The first-order chi connectivity index (χ1) is 11.9. The number of ether oxygens (including phenoxy) is 2. The highest BCUT2D eigenvalue weighted by molar-refractivity contribution is 5.79. The lowest BCUT2D eigenvalue weighted by Crippen LogP contribution is -2.38. The molecule has 2 fully saturated rings. The van der Waals surface area contributed by atoms with Crippen molar-refractivity contribution >= 4 is 5.96 Å². The Labute approximate surface area is 148 Å². The molecule has 140 valence electrons. The van der Waals surface area contributed by atoms with Gasteiger partial charge in [0.15, 0.2) is 5.96 Å². The average Bonchev–Trinajstić information content (AvgIpc) is 3.14. The van der Waals surface area contributed by atoms with Crippen molar-refractivity contribution in [2.75, 3.05) is 46.6 Å². The van der Waals surface area contributed by atoms with Gasteiger partial charge in [-0.05, 0) is 31.6 Å². The number of nitrogens with one attached hydrogen (secondary N) is 2. The quantitative estimate of drug-likeness (QED) is 0.365. The van der Waals surface area contributed by atoms with Gasteiger partial charge in [0.05, 0.1) is 13.2 Å². The van der Waals surface area contributed by atoms with Crippen molar-refractivity contribution in [3.8, 4) is 0 Å². The van der Waals surface area contributed by atoms with Gasteiger partial charge in [0, 0.05) is 39.3 Å². The summed E-state index contributed by atoms with van der Waals surface area (Å²) in [5, 5.41) is 6.80. The summed E-state index contributed by atoms with van der Waals surface area (Å²) in [5.41, 5.74) is 0. The van der Waals surface area contributed by atoms with Crippen LogP contribution in [0.15, 0.2) is 4.99 Å². The normalized spacial score (nSPS) is 22.7. The molecule has 1 aliphatic carbocycles. The van der Waals surface area contributed by atoms with Gasteiger partial charge in [0.2, 0.25) is 0 Å². The highest BCUT2D eigenvalue weighted by Crippen LogP contribution is 2.26. The molecule has 5 nitrogen and oxygen atoms in total. The highest BCUT2D eigenvalue weighted by atomic mass is 16.5. The Balaban J connectivity index is 1.40. The first kappa shape index (κ1) is 19.5. The molecule has 0 amide bonds. The molecular formula is C19H37N3O2. The van der Waals surface area contributed by atoms with Gasteiger partial charge in [-0.2, -0.15) is 0 Å². The van der Waals surface area contributed by atoms with Crippen molar-refractivity contribution in [1.82, 2.24) is 10.6 Å². The van der Waals surface area contributed by atoms with Gasteiger partial charge in [-0.15, -0.1) is 0 Å². The lowest BCUT2D eigenvalue weighted by Gasteiger charge is -2.21. The maximum absolute atomic E-state index is 5.72. The van der Waals surface area contributed by atoms with Crippen LogP contribution in [0.1, 0.15) is 57.8 Å². The molecule has 0 aromatic carbocycles. The summed E-state index contributed by atoms with van der Waals surface area (Å²) in [7, 11) is 1.84. The maximum Gasteiger partial charge on any atom is 0.190 e. The second-order valence-electron chi connectivity index (χ2n) is 7.23. The molecule has 1 saturated carbocycles. The minimum absolute atomic E-state index is 0.608. The van der Waals surface area contributed by atoms with Crippen molar-refractivity contribution in [3.05, 3.63) is 0 Å². The summed E-state index contributed by atoms with van der Waals surface area (Å²) in [6.45, 7) is 5.35. The molecule has 0 aromatic rings. The second-order valence-corrected chi connectivity index (χ2v) is 7.23. The van der Waals surface area contributed by atoms with Crippen LogP contribution in [0.25, 0.3) is 0 Å². The van der Waals surface area contributed by atoms with E-state index in [4.69, 9.17) is 9.47 Å². The van der Waals surface area contributed by atoms with Gasteiger partial charge in [0.1, 0.15) is 0 Å². The number of hydrogen-bond donors (Lipinski definition) is 2. The van der Waals surface area contributed by atoms with Gasteiger partial charge in [-0.3, -0.25) is 4.99 Å². The molecule has 2 aliphatic rings. The Hall–Kier alpha value is -0.810. The summed E-state index contributed by atoms with van der Waals surface area (Å²) in [4.78, 5) is 4.29. The molecule has 1 aliphatic heterocycles. The van der Waals surface area contributed by atoms with Crippen LogP contribution in [0.4, 0.5) is 0 Å². The van der Waals surface area contributed by atoms with Crippen molar-refractivity contribution in [1.29, 1.82) is 0 Å². The SMILES string of the molecule is CN=C(NCCCOCC1CCOC1)NCCCC1CCCCC1. The fourth-order valence-corrected chi connectivity index (χ4v) is 3.64. The monoisotopic (exact) mass is 339 g/mol. The molecule has 2 N–H and O–H groups in total. The second kappa shape index (κ2) is 12.5. The van der Waals surface area contributed by atoms with E-state index in [0.29, 0.717) is 5.92 Å². The summed E-state index contributed by atoms with van der Waals surface area (Å²) in [6, 6.07) is 0. The lowest BCUT2D eigenvalue weighted by molar-refractivity contribution is 0.0888. The van der Waals surface area contributed by atoms with Gasteiger partial charge in [-0.25, -0.2) is 0 Å². The highest BCUT2D eigenvalue weighted by Gasteiger charge is 2.15. The van der Waals surface area contributed by atoms with Crippen molar-refractivity contribution in [3.63, 3.8) is 0 Å². The Bertz CT molecular complexity index is 338. The smallest absolute Gasteiger partial charge is 0.190 e. The fourth-order valence-electron chi connectivity index (χ4n) is 3.64. The van der Waals surface area contributed by atoms with E-state index in [-0.39, 0.29) is 0 Å². The van der Waals surface area contributed by atoms with Crippen LogP contribution in [0.5, 0.6) is 0 Å². The first-order valence-electron chi connectivity index (χ1n) is 9.98. The molecule has 0 bridgehead atoms. The van der Waals surface area contributed by atoms with Crippen LogP contribution >= 0.6 is 0 Å². The Kier molecular flexibility index (Phi) is 10.2. The Morgan fingerprint density at radius 2 is 1.83 bits per heavy atom. The van der Waals surface area contributed by atoms with E-state index in [0.717, 1.165) is 64.2 Å². The van der Waals surface area contributed by atoms with Crippen molar-refractivity contribution in [2.45, 2.75) is 57.8 Å². The molecule has 24 heavy (non-hydrogen) atoms. The zero-order chi connectivity index (χ0) is 16.9. The summed E-state index contributed by atoms with van der Waals surface area (Å²) < 4.78 is 11.1. The molecule has 0 spiro atoms. The minimum atomic E-state index is 0.608. The Morgan fingerprint density at radius 1 is 1.04 bits per heavy atom. The van der Waals surface area contributed by atoms with Gasteiger partial charge < -0.3 is 20.1 Å². The van der Waals surface area contributed by atoms with E-state index in [1.165, 1.54) is 44.9 Å². The lowest BCUT2D eigenvalue weighted by atomic mass is 9.86. The number of guanidine groups is 1. The predicted octanol–water partition coefficient (Wildman–Crippen LogP) is 2.96. The largest absolute Gasteiger partial charge is 0.381 e. The molecule has 5 heteroatoms. The van der Waals surface area contributed by atoms with E-state index in [1.54, 1.807) is 0 Å². The number of nitrogens with zero attached hydrogens (tertiary/aromatic N) is 1. The third kappa shape index (κ3) is 8.34. The van der Waals surface area contributed by atoms with E-state index in [2.05, 4.69) is 15.6 Å². The molecule has 1 unspecified atom stereocenters. The third-order valence-electron chi connectivity index (χ3n) is 5.17. The van der Waals surface area contributed by atoms with Gasteiger partial charge in [-0.1, -0.05) is 32.1 Å². The fraction of sp³-hybridized carbons (Fsp3) is 0.947. The van der Waals surface area contributed by atoms with E-state index in [9.17, 15) is 0 Å². The van der Waals surface area contributed by atoms with Crippen LogP contribution in [0, 0.1) is 11.8 Å². The van der Waals surface area contributed by atoms with Crippen LogP contribution in [0.3, 0.4) is 0 Å². The third-order valence-corrected chi connectivity index (χ3v) is 5.17. The minimum Gasteiger partial charge on any atom is -0.381 e. The molecule has 2 rings (SSSR count). The topological polar surface area (TPSA) is 54.9 Å². The maximum atomic E-state index is 5.72. The molecule has 1 heterocycles. The van der Waals surface area contributed by atoms with E-state index >= 15 is 0 Å².